The fourth-order valence-electron chi connectivity index (χ4n) is 4.22. The van der Waals surface area contributed by atoms with Crippen molar-refractivity contribution >= 4 is 17.5 Å². The van der Waals surface area contributed by atoms with E-state index in [1.807, 2.05) is 4.90 Å². The molecular weight excluding hydrogens is 332 g/mol. The van der Waals surface area contributed by atoms with Crippen LogP contribution in [0.25, 0.3) is 5.65 Å². The van der Waals surface area contributed by atoms with Gasteiger partial charge in [-0.3, -0.25) is 9.59 Å². The number of nitrogens with zero attached hydrogens (tertiary/aromatic N) is 6. The van der Waals surface area contributed by atoms with Crippen LogP contribution in [0.15, 0.2) is 18.3 Å². The first-order valence-electron chi connectivity index (χ1n) is 9.29. The Balaban J connectivity index is 1.49. The van der Waals surface area contributed by atoms with E-state index in [2.05, 4.69) is 34.3 Å². The van der Waals surface area contributed by atoms with Gasteiger partial charge < -0.3 is 9.80 Å². The van der Waals surface area contributed by atoms with Gasteiger partial charge in [-0.05, 0) is 47.2 Å². The second kappa shape index (κ2) is 6.66. The molecule has 2 saturated heterocycles. The van der Waals surface area contributed by atoms with Crippen LogP contribution in [0.5, 0.6) is 0 Å². The van der Waals surface area contributed by atoms with Crippen LogP contribution in [0, 0.1) is 11.8 Å². The Morgan fingerprint density at radius 2 is 2.19 bits per heavy atom. The molecule has 0 radical (unpaired) electrons. The summed E-state index contributed by atoms with van der Waals surface area (Å²) in [7, 11) is 0. The third-order valence-corrected chi connectivity index (χ3v) is 5.44. The lowest BCUT2D eigenvalue weighted by atomic mass is 9.83. The summed E-state index contributed by atoms with van der Waals surface area (Å²) in [5, 5.41) is 11.3. The Morgan fingerprint density at radius 3 is 3.00 bits per heavy atom. The Kier molecular flexibility index (Phi) is 4.34. The summed E-state index contributed by atoms with van der Waals surface area (Å²) in [6.45, 7) is 6.49. The molecule has 0 spiro atoms. The number of amides is 2. The van der Waals surface area contributed by atoms with Crippen LogP contribution in [0.1, 0.15) is 43.5 Å². The van der Waals surface area contributed by atoms with E-state index in [1.165, 1.54) is 0 Å². The number of rotatable bonds is 3. The fraction of sp³-hybridized carbons (Fsp3) is 0.611. The quantitative estimate of drug-likeness (QED) is 0.826. The van der Waals surface area contributed by atoms with Gasteiger partial charge in [0, 0.05) is 43.9 Å². The van der Waals surface area contributed by atoms with Crippen molar-refractivity contribution in [1.82, 2.24) is 29.8 Å². The summed E-state index contributed by atoms with van der Waals surface area (Å²) in [5.41, 5.74) is 1.17. The minimum atomic E-state index is 0.0151. The zero-order valence-corrected chi connectivity index (χ0v) is 15.2. The number of aromatic nitrogens is 4. The van der Waals surface area contributed by atoms with E-state index >= 15 is 0 Å². The number of likely N-dealkylation sites (tertiary alicyclic amines) is 2. The molecule has 2 aliphatic rings. The molecule has 2 aromatic rings. The van der Waals surface area contributed by atoms with Crippen LogP contribution >= 0.6 is 0 Å². The van der Waals surface area contributed by atoms with Crippen LogP contribution in [-0.2, 0) is 4.79 Å². The zero-order valence-electron chi connectivity index (χ0n) is 15.2. The van der Waals surface area contributed by atoms with Gasteiger partial charge in [0.15, 0.2) is 5.65 Å². The molecule has 0 N–H and O–H groups in total. The number of carbonyl (C=O) groups excluding carboxylic acids is 2. The molecule has 138 valence electrons. The Labute approximate surface area is 152 Å². The minimum absolute atomic E-state index is 0.0151. The van der Waals surface area contributed by atoms with Crippen LogP contribution in [0.3, 0.4) is 0 Å². The van der Waals surface area contributed by atoms with E-state index in [9.17, 15) is 9.59 Å². The fourth-order valence-corrected chi connectivity index (χ4v) is 4.22. The number of piperidine rings is 2. The van der Waals surface area contributed by atoms with E-state index in [1.54, 1.807) is 22.8 Å². The van der Waals surface area contributed by atoms with Crippen LogP contribution in [0.2, 0.25) is 0 Å². The van der Waals surface area contributed by atoms with E-state index < -0.39 is 0 Å². The van der Waals surface area contributed by atoms with E-state index in [0.29, 0.717) is 42.6 Å². The highest BCUT2D eigenvalue weighted by Crippen LogP contribution is 2.32. The second-order valence-electron chi connectivity index (χ2n) is 7.74. The van der Waals surface area contributed by atoms with E-state index in [0.717, 1.165) is 19.4 Å². The first-order valence-corrected chi connectivity index (χ1v) is 9.29. The van der Waals surface area contributed by atoms with E-state index in [4.69, 9.17) is 0 Å². The molecule has 0 bridgehead atoms. The molecule has 26 heavy (non-hydrogen) atoms. The van der Waals surface area contributed by atoms with Crippen molar-refractivity contribution in [3.8, 4) is 0 Å². The molecule has 0 saturated carbocycles. The number of fused-ring (bicyclic) bond motifs is 2. The molecule has 2 fully saturated rings. The smallest absolute Gasteiger partial charge is 0.254 e. The summed E-state index contributed by atoms with van der Waals surface area (Å²) in [4.78, 5) is 29.3. The molecule has 8 heteroatoms. The SMILES string of the molecule is CC(C)CN1C(=O)CC[C@H]2CN(C(=O)c3ccn4nnnc4c3)CC[C@H]21. The summed E-state index contributed by atoms with van der Waals surface area (Å²) >= 11 is 0. The van der Waals surface area contributed by atoms with Gasteiger partial charge in [0.05, 0.1) is 0 Å². The van der Waals surface area contributed by atoms with E-state index in [-0.39, 0.29) is 17.9 Å². The molecule has 2 atom stereocenters. The lowest BCUT2D eigenvalue weighted by molar-refractivity contribution is -0.141. The molecule has 4 heterocycles. The standard InChI is InChI=1S/C18H24N6O2/c1-12(2)10-23-15-6-7-22(11-14(15)3-4-17(23)25)18(26)13-5-8-24-16(9-13)19-20-21-24/h5,8-9,12,14-15H,3-4,6-7,10-11H2,1-2H3/t14-,15+/m0/s1. The van der Waals surface area contributed by atoms with Crippen molar-refractivity contribution in [2.75, 3.05) is 19.6 Å². The van der Waals surface area contributed by atoms with Crippen molar-refractivity contribution in [3.05, 3.63) is 23.9 Å². The summed E-state index contributed by atoms with van der Waals surface area (Å²) in [6.07, 6.45) is 4.02. The van der Waals surface area contributed by atoms with Crippen molar-refractivity contribution in [2.24, 2.45) is 11.8 Å². The summed E-state index contributed by atoms with van der Waals surface area (Å²) < 4.78 is 1.54. The number of hydrogen-bond acceptors (Lipinski definition) is 5. The van der Waals surface area contributed by atoms with Gasteiger partial charge in [-0.25, -0.2) is 4.52 Å². The molecule has 0 unspecified atom stereocenters. The van der Waals surface area contributed by atoms with Gasteiger partial charge in [0.1, 0.15) is 0 Å². The molecule has 0 aromatic carbocycles. The lowest BCUT2D eigenvalue weighted by Gasteiger charge is -2.47. The third-order valence-electron chi connectivity index (χ3n) is 5.44. The highest BCUT2D eigenvalue weighted by molar-refractivity contribution is 5.95. The van der Waals surface area contributed by atoms with Gasteiger partial charge in [0.25, 0.3) is 5.91 Å². The number of tetrazole rings is 1. The summed E-state index contributed by atoms with van der Waals surface area (Å²) in [6, 6.07) is 3.75. The number of pyridine rings is 1. The number of carbonyl (C=O) groups is 2. The predicted molar refractivity (Wildman–Crippen MR) is 94.4 cm³/mol. The third kappa shape index (κ3) is 3.04. The maximum absolute atomic E-state index is 12.9. The van der Waals surface area contributed by atoms with Gasteiger partial charge in [-0.2, -0.15) is 0 Å². The maximum Gasteiger partial charge on any atom is 0.254 e. The van der Waals surface area contributed by atoms with Crippen molar-refractivity contribution in [3.63, 3.8) is 0 Å². The number of hydrogen-bond donors (Lipinski definition) is 0. The average Bonchev–Trinajstić information content (AvgIpc) is 3.10. The molecular formula is C18H24N6O2. The maximum atomic E-state index is 12.9. The minimum Gasteiger partial charge on any atom is -0.339 e. The molecule has 4 rings (SSSR count). The molecule has 2 amide bonds. The lowest BCUT2D eigenvalue weighted by Crippen LogP contribution is -2.57. The summed E-state index contributed by atoms with van der Waals surface area (Å²) in [5.74, 6) is 1.11. The highest BCUT2D eigenvalue weighted by Gasteiger charge is 2.40. The van der Waals surface area contributed by atoms with Crippen LogP contribution in [-0.4, -0.2) is 67.3 Å². The average molecular weight is 356 g/mol. The van der Waals surface area contributed by atoms with Crippen molar-refractivity contribution in [1.29, 1.82) is 0 Å². The van der Waals surface area contributed by atoms with Gasteiger partial charge in [-0.1, -0.05) is 13.8 Å². The first-order chi connectivity index (χ1) is 12.5. The Bertz CT molecular complexity index is 832. The van der Waals surface area contributed by atoms with Gasteiger partial charge in [0.2, 0.25) is 5.91 Å². The largest absolute Gasteiger partial charge is 0.339 e. The molecule has 2 aliphatic heterocycles. The highest BCUT2D eigenvalue weighted by atomic mass is 16.2. The topological polar surface area (TPSA) is 83.7 Å². The Morgan fingerprint density at radius 1 is 1.35 bits per heavy atom. The zero-order chi connectivity index (χ0) is 18.3. The normalized spacial score (nSPS) is 23.6. The van der Waals surface area contributed by atoms with Crippen LogP contribution in [0.4, 0.5) is 0 Å². The van der Waals surface area contributed by atoms with Crippen molar-refractivity contribution in [2.45, 2.75) is 39.2 Å². The Hall–Kier alpha value is -2.51. The predicted octanol–water partition coefficient (Wildman–Crippen LogP) is 1.23. The molecule has 0 aliphatic carbocycles. The van der Waals surface area contributed by atoms with Crippen molar-refractivity contribution < 1.29 is 9.59 Å². The van der Waals surface area contributed by atoms with Crippen LogP contribution < -0.4 is 0 Å². The molecule has 8 nitrogen and oxygen atoms in total. The molecule has 2 aromatic heterocycles. The monoisotopic (exact) mass is 356 g/mol. The van der Waals surface area contributed by atoms with Gasteiger partial charge >= 0.3 is 0 Å². The van der Waals surface area contributed by atoms with Gasteiger partial charge in [-0.15, -0.1) is 5.10 Å². The second-order valence-corrected chi connectivity index (χ2v) is 7.74. The first kappa shape index (κ1) is 16.9.